The number of hydrogen-bond acceptors (Lipinski definition) is 6. The van der Waals surface area contributed by atoms with Crippen LogP contribution in [0.2, 0.25) is 0 Å². The van der Waals surface area contributed by atoms with Crippen LogP contribution in [0.25, 0.3) is 20.7 Å². The van der Waals surface area contributed by atoms with Gasteiger partial charge >= 0.3 is 0 Å². The molecular weight excluding hydrogens is 337 g/mol. The highest BCUT2D eigenvalue weighted by Crippen LogP contribution is 2.31. The van der Waals surface area contributed by atoms with Gasteiger partial charge in [-0.2, -0.15) is 0 Å². The summed E-state index contributed by atoms with van der Waals surface area (Å²) in [6, 6.07) is 7.79. The summed E-state index contributed by atoms with van der Waals surface area (Å²) in [4.78, 5) is 28.6. The van der Waals surface area contributed by atoms with E-state index in [9.17, 15) is 14.0 Å². The van der Waals surface area contributed by atoms with Gasteiger partial charge in [0.05, 0.1) is 11.3 Å². The van der Waals surface area contributed by atoms with E-state index in [1.165, 1.54) is 30.4 Å². The summed E-state index contributed by atoms with van der Waals surface area (Å²) < 4.78 is 14.4. The number of fused-ring (bicyclic) bond motifs is 1. The van der Waals surface area contributed by atoms with Crippen molar-refractivity contribution < 1.29 is 9.18 Å². The van der Waals surface area contributed by atoms with Gasteiger partial charge in [-0.15, -0.1) is 11.3 Å². The number of thiophene rings is 1. The Bertz CT molecular complexity index is 948. The Hall–Kier alpha value is -2.19. The van der Waals surface area contributed by atoms with Gasteiger partial charge in [0.2, 0.25) is 0 Å². The molecule has 5 nitrogen and oxygen atoms in total. The Balaban J connectivity index is 2.08. The second kappa shape index (κ2) is 6.13. The van der Waals surface area contributed by atoms with E-state index in [1.807, 2.05) is 0 Å². The van der Waals surface area contributed by atoms with Crippen LogP contribution in [-0.2, 0) is 4.79 Å². The molecule has 0 aliphatic heterocycles. The van der Waals surface area contributed by atoms with Gasteiger partial charge in [0.15, 0.2) is 5.16 Å². The molecule has 0 unspecified atom stereocenters. The molecule has 8 heteroatoms. The number of nitrogens with two attached hydrogens (primary N) is 1. The third-order valence-electron chi connectivity index (χ3n) is 3.08. The fourth-order valence-electron chi connectivity index (χ4n) is 2.00. The molecule has 118 valence electrons. The molecule has 2 N–H and O–H groups in total. The van der Waals surface area contributed by atoms with Gasteiger partial charge in [-0.05, 0) is 30.7 Å². The van der Waals surface area contributed by atoms with Crippen LogP contribution < -0.4 is 11.4 Å². The molecule has 23 heavy (non-hydrogen) atoms. The van der Waals surface area contributed by atoms with E-state index < -0.39 is 0 Å². The zero-order chi connectivity index (χ0) is 16.6. The summed E-state index contributed by atoms with van der Waals surface area (Å²) in [7, 11) is 0. The minimum absolute atomic E-state index is 0.0262. The van der Waals surface area contributed by atoms with Crippen LogP contribution >= 0.6 is 23.1 Å². The maximum atomic E-state index is 13.0. The summed E-state index contributed by atoms with van der Waals surface area (Å²) >= 11 is 2.38. The van der Waals surface area contributed by atoms with E-state index in [1.54, 1.807) is 18.2 Å². The maximum absolute atomic E-state index is 13.0. The summed E-state index contributed by atoms with van der Waals surface area (Å²) in [6.45, 7) is 1.46. The summed E-state index contributed by atoms with van der Waals surface area (Å²) in [5.74, 6) is 5.62. The van der Waals surface area contributed by atoms with Gasteiger partial charge in [-0.1, -0.05) is 23.9 Å². The highest BCUT2D eigenvalue weighted by Gasteiger charge is 2.14. The number of carbonyl (C=O) groups is 1. The first kappa shape index (κ1) is 15.7. The van der Waals surface area contributed by atoms with Gasteiger partial charge < -0.3 is 5.84 Å². The molecule has 0 fully saturated rings. The Morgan fingerprint density at radius 3 is 2.74 bits per heavy atom. The second-order valence-corrected chi connectivity index (χ2v) is 6.89. The number of Topliss-reactive ketones (excluding diaryl/α,β-unsaturated/α-hetero) is 1. The largest absolute Gasteiger partial charge is 0.334 e. The lowest BCUT2D eigenvalue weighted by Crippen LogP contribution is -2.29. The van der Waals surface area contributed by atoms with Crippen LogP contribution in [-0.4, -0.2) is 21.2 Å². The predicted molar refractivity (Wildman–Crippen MR) is 90.8 cm³/mol. The number of aromatic nitrogens is 2. The SMILES string of the molecule is CC(=O)CSc1nc2cc(-c3ccc(F)cc3)sc2c(=O)n1N. The molecule has 0 aliphatic carbocycles. The molecule has 2 aromatic heterocycles. The van der Waals surface area contributed by atoms with Crippen molar-refractivity contribution in [3.8, 4) is 10.4 Å². The smallest absolute Gasteiger partial charge is 0.290 e. The van der Waals surface area contributed by atoms with Crippen LogP contribution in [0.4, 0.5) is 4.39 Å². The van der Waals surface area contributed by atoms with Gasteiger partial charge in [0, 0.05) is 4.88 Å². The van der Waals surface area contributed by atoms with Crippen molar-refractivity contribution in [1.29, 1.82) is 0 Å². The number of thioether (sulfide) groups is 1. The fourth-order valence-corrected chi connectivity index (χ4v) is 3.75. The third kappa shape index (κ3) is 3.13. The van der Waals surface area contributed by atoms with Crippen LogP contribution in [0.15, 0.2) is 40.3 Å². The standard InChI is InChI=1S/C15H12FN3O2S2/c1-8(20)7-22-15-18-11-6-12(9-2-4-10(16)5-3-9)23-13(11)14(21)19(15)17/h2-6H,7,17H2,1H3. The van der Waals surface area contributed by atoms with E-state index in [0.29, 0.717) is 15.4 Å². The summed E-state index contributed by atoms with van der Waals surface area (Å²) in [5, 5.41) is 0.293. The van der Waals surface area contributed by atoms with Crippen molar-refractivity contribution in [2.45, 2.75) is 12.1 Å². The highest BCUT2D eigenvalue weighted by atomic mass is 32.2. The van der Waals surface area contributed by atoms with E-state index in [4.69, 9.17) is 5.84 Å². The maximum Gasteiger partial charge on any atom is 0.290 e. The monoisotopic (exact) mass is 349 g/mol. The van der Waals surface area contributed by atoms with Gasteiger partial charge in [0.25, 0.3) is 5.56 Å². The zero-order valence-electron chi connectivity index (χ0n) is 12.1. The molecule has 0 bridgehead atoms. The topological polar surface area (TPSA) is 78.0 Å². The number of nitrogens with zero attached hydrogens (tertiary/aromatic N) is 2. The van der Waals surface area contributed by atoms with Crippen LogP contribution in [0.1, 0.15) is 6.92 Å². The van der Waals surface area contributed by atoms with Crippen LogP contribution in [0.3, 0.4) is 0 Å². The number of hydrogen-bond donors (Lipinski definition) is 1. The van der Waals surface area contributed by atoms with Crippen LogP contribution in [0, 0.1) is 5.82 Å². The minimum atomic E-state index is -0.362. The second-order valence-electron chi connectivity index (χ2n) is 4.89. The van der Waals surface area contributed by atoms with Crippen LogP contribution in [0.5, 0.6) is 0 Å². The Labute approximate surface area is 138 Å². The average molecular weight is 349 g/mol. The quantitative estimate of drug-likeness (QED) is 0.445. The molecule has 0 saturated carbocycles. The Morgan fingerprint density at radius 2 is 2.09 bits per heavy atom. The molecule has 0 saturated heterocycles. The molecule has 0 amide bonds. The fraction of sp³-hybridized carbons (Fsp3) is 0.133. The van der Waals surface area contributed by atoms with Crippen molar-refractivity contribution in [1.82, 2.24) is 9.66 Å². The predicted octanol–water partition coefficient (Wildman–Crippen LogP) is 2.66. The number of halogens is 1. The van der Waals surface area contributed by atoms with E-state index in [-0.39, 0.29) is 22.9 Å². The lowest BCUT2D eigenvalue weighted by Gasteiger charge is -2.04. The third-order valence-corrected chi connectivity index (χ3v) is 5.34. The molecule has 3 aromatic rings. The lowest BCUT2D eigenvalue weighted by molar-refractivity contribution is -0.114. The first-order valence-corrected chi connectivity index (χ1v) is 8.46. The van der Waals surface area contributed by atoms with Gasteiger partial charge in [-0.3, -0.25) is 9.59 Å². The van der Waals surface area contributed by atoms with Gasteiger partial charge in [0.1, 0.15) is 16.3 Å². The highest BCUT2D eigenvalue weighted by molar-refractivity contribution is 7.99. The van der Waals surface area contributed by atoms with Crippen molar-refractivity contribution in [3.05, 3.63) is 46.5 Å². The summed E-state index contributed by atoms with van der Waals surface area (Å²) in [6.07, 6.45) is 0. The van der Waals surface area contributed by atoms with Crippen molar-refractivity contribution in [3.63, 3.8) is 0 Å². The van der Waals surface area contributed by atoms with E-state index >= 15 is 0 Å². The normalized spacial score (nSPS) is 11.0. The molecule has 0 spiro atoms. The molecule has 0 aliphatic rings. The number of ketones is 1. The van der Waals surface area contributed by atoms with Gasteiger partial charge in [-0.25, -0.2) is 14.1 Å². The molecular formula is C15H12FN3O2S2. The average Bonchev–Trinajstić information content (AvgIpc) is 2.94. The molecule has 0 radical (unpaired) electrons. The summed E-state index contributed by atoms with van der Waals surface area (Å²) in [5.41, 5.74) is 0.960. The number of nitrogen functional groups attached to an aromatic ring is 1. The van der Waals surface area contributed by atoms with Crippen molar-refractivity contribution >= 4 is 39.1 Å². The molecule has 3 rings (SSSR count). The first-order chi connectivity index (χ1) is 11.0. The number of benzene rings is 1. The number of carbonyl (C=O) groups excluding carboxylic acids is 1. The molecule has 2 heterocycles. The first-order valence-electron chi connectivity index (χ1n) is 6.65. The van der Waals surface area contributed by atoms with E-state index in [0.717, 1.165) is 26.9 Å². The van der Waals surface area contributed by atoms with Crippen molar-refractivity contribution in [2.24, 2.45) is 0 Å². The Kier molecular flexibility index (Phi) is 4.18. The number of rotatable bonds is 4. The van der Waals surface area contributed by atoms with E-state index in [2.05, 4.69) is 4.98 Å². The Morgan fingerprint density at radius 1 is 1.39 bits per heavy atom. The zero-order valence-corrected chi connectivity index (χ0v) is 13.7. The lowest BCUT2D eigenvalue weighted by atomic mass is 10.2. The minimum Gasteiger partial charge on any atom is -0.334 e. The molecule has 0 atom stereocenters. The van der Waals surface area contributed by atoms with Crippen molar-refractivity contribution in [2.75, 3.05) is 11.6 Å². The molecule has 1 aromatic carbocycles.